The predicted octanol–water partition coefficient (Wildman–Crippen LogP) is 1.81. The standard InChI is InChI=1S/C13H8N4/c14-8-10-3-1-5-16-12(10)7-13-11(9-15)4-2-6-17-13/h1-6H,7H2. The van der Waals surface area contributed by atoms with Crippen LogP contribution in [0.5, 0.6) is 0 Å². The second-order valence-corrected chi connectivity index (χ2v) is 3.40. The highest BCUT2D eigenvalue weighted by Gasteiger charge is 2.08. The van der Waals surface area contributed by atoms with Gasteiger partial charge in [0.1, 0.15) is 12.1 Å². The van der Waals surface area contributed by atoms with Crippen LogP contribution in [0.2, 0.25) is 0 Å². The molecule has 0 radical (unpaired) electrons. The van der Waals surface area contributed by atoms with Crippen LogP contribution in [0.4, 0.5) is 0 Å². The average molecular weight is 220 g/mol. The summed E-state index contributed by atoms with van der Waals surface area (Å²) in [5, 5.41) is 17.9. The lowest BCUT2D eigenvalue weighted by atomic mass is 10.1. The minimum atomic E-state index is 0.396. The van der Waals surface area contributed by atoms with Crippen molar-refractivity contribution >= 4 is 0 Å². The Morgan fingerprint density at radius 2 is 1.35 bits per heavy atom. The molecular weight excluding hydrogens is 212 g/mol. The van der Waals surface area contributed by atoms with Crippen LogP contribution in [0.3, 0.4) is 0 Å². The fraction of sp³-hybridized carbons (Fsp3) is 0.0769. The van der Waals surface area contributed by atoms with E-state index >= 15 is 0 Å². The van der Waals surface area contributed by atoms with Gasteiger partial charge in [0, 0.05) is 18.8 Å². The fourth-order valence-electron chi connectivity index (χ4n) is 1.52. The van der Waals surface area contributed by atoms with Crippen LogP contribution in [0.1, 0.15) is 22.5 Å². The molecule has 0 aromatic carbocycles. The Morgan fingerprint density at radius 1 is 0.882 bits per heavy atom. The fourth-order valence-corrected chi connectivity index (χ4v) is 1.52. The molecule has 0 atom stereocenters. The van der Waals surface area contributed by atoms with Crippen LogP contribution in [0.25, 0.3) is 0 Å². The summed E-state index contributed by atoms with van der Waals surface area (Å²) in [6.45, 7) is 0. The highest BCUT2D eigenvalue weighted by atomic mass is 14.7. The van der Waals surface area contributed by atoms with Gasteiger partial charge in [0.2, 0.25) is 0 Å². The number of nitriles is 2. The van der Waals surface area contributed by atoms with Crippen molar-refractivity contribution in [2.45, 2.75) is 6.42 Å². The molecule has 2 aromatic rings. The molecule has 0 aliphatic rings. The Hall–Kier alpha value is -2.72. The summed E-state index contributed by atoms with van der Waals surface area (Å²) < 4.78 is 0. The van der Waals surface area contributed by atoms with Crippen molar-refractivity contribution in [3.05, 3.63) is 59.2 Å². The first-order valence-electron chi connectivity index (χ1n) is 5.03. The molecule has 2 rings (SSSR count). The molecule has 80 valence electrons. The average Bonchev–Trinajstić information content (AvgIpc) is 2.40. The molecule has 2 aromatic heterocycles. The smallest absolute Gasteiger partial charge is 0.101 e. The van der Waals surface area contributed by atoms with E-state index in [1.54, 1.807) is 36.7 Å². The van der Waals surface area contributed by atoms with Gasteiger partial charge >= 0.3 is 0 Å². The number of pyridine rings is 2. The van der Waals surface area contributed by atoms with Crippen LogP contribution >= 0.6 is 0 Å². The van der Waals surface area contributed by atoms with Gasteiger partial charge in [-0.2, -0.15) is 10.5 Å². The summed E-state index contributed by atoms with van der Waals surface area (Å²) in [7, 11) is 0. The summed E-state index contributed by atoms with van der Waals surface area (Å²) in [5.74, 6) is 0. The maximum absolute atomic E-state index is 8.95. The van der Waals surface area contributed by atoms with Crippen molar-refractivity contribution in [3.63, 3.8) is 0 Å². The van der Waals surface area contributed by atoms with Crippen LogP contribution in [0, 0.1) is 22.7 Å². The Morgan fingerprint density at radius 3 is 1.76 bits per heavy atom. The van der Waals surface area contributed by atoms with Gasteiger partial charge in [-0.25, -0.2) is 0 Å². The van der Waals surface area contributed by atoms with E-state index < -0.39 is 0 Å². The zero-order valence-electron chi connectivity index (χ0n) is 8.96. The molecule has 0 saturated carbocycles. The first-order chi connectivity index (χ1) is 8.35. The van der Waals surface area contributed by atoms with Crippen LogP contribution in [-0.2, 0) is 6.42 Å². The van der Waals surface area contributed by atoms with Gasteiger partial charge in [0.15, 0.2) is 0 Å². The van der Waals surface area contributed by atoms with Gasteiger partial charge in [-0.1, -0.05) is 0 Å². The first-order valence-corrected chi connectivity index (χ1v) is 5.03. The lowest BCUT2D eigenvalue weighted by Crippen LogP contribution is -2.00. The van der Waals surface area contributed by atoms with E-state index in [4.69, 9.17) is 10.5 Å². The molecule has 0 fully saturated rings. The van der Waals surface area contributed by atoms with E-state index in [1.807, 2.05) is 0 Å². The molecule has 0 aliphatic heterocycles. The third-order valence-electron chi connectivity index (χ3n) is 2.36. The van der Waals surface area contributed by atoms with Gasteiger partial charge in [-0.15, -0.1) is 0 Å². The second kappa shape index (κ2) is 4.87. The number of aromatic nitrogens is 2. The van der Waals surface area contributed by atoms with Crippen molar-refractivity contribution in [3.8, 4) is 12.1 Å². The van der Waals surface area contributed by atoms with Crippen molar-refractivity contribution in [1.82, 2.24) is 9.97 Å². The molecule has 0 unspecified atom stereocenters. The van der Waals surface area contributed by atoms with E-state index in [0.717, 1.165) is 0 Å². The lowest BCUT2D eigenvalue weighted by Gasteiger charge is -2.03. The maximum Gasteiger partial charge on any atom is 0.101 e. The largest absolute Gasteiger partial charge is 0.260 e. The van der Waals surface area contributed by atoms with Crippen molar-refractivity contribution in [2.24, 2.45) is 0 Å². The number of nitrogens with zero attached hydrogens (tertiary/aromatic N) is 4. The maximum atomic E-state index is 8.95. The molecule has 2 heterocycles. The van der Waals surface area contributed by atoms with Crippen molar-refractivity contribution in [1.29, 1.82) is 10.5 Å². The summed E-state index contributed by atoms with van der Waals surface area (Å²) in [4.78, 5) is 8.30. The molecule has 4 heteroatoms. The first kappa shape index (κ1) is 10.8. The molecule has 0 saturated heterocycles. The summed E-state index contributed by atoms with van der Waals surface area (Å²) in [5.41, 5.74) is 2.32. The molecular formula is C13H8N4. The van der Waals surface area contributed by atoms with Crippen LogP contribution < -0.4 is 0 Å². The number of hydrogen-bond acceptors (Lipinski definition) is 4. The number of hydrogen-bond donors (Lipinski definition) is 0. The van der Waals surface area contributed by atoms with Crippen molar-refractivity contribution < 1.29 is 0 Å². The normalized spacial score (nSPS) is 9.29. The van der Waals surface area contributed by atoms with Crippen LogP contribution in [0.15, 0.2) is 36.7 Å². The zero-order chi connectivity index (χ0) is 12.1. The van der Waals surface area contributed by atoms with E-state index in [2.05, 4.69) is 22.1 Å². The zero-order valence-corrected chi connectivity index (χ0v) is 8.96. The van der Waals surface area contributed by atoms with Gasteiger partial charge in [0.25, 0.3) is 0 Å². The van der Waals surface area contributed by atoms with E-state index in [-0.39, 0.29) is 0 Å². The highest BCUT2D eigenvalue weighted by Crippen LogP contribution is 2.12. The van der Waals surface area contributed by atoms with Gasteiger partial charge in [0.05, 0.1) is 22.5 Å². The lowest BCUT2D eigenvalue weighted by molar-refractivity contribution is 0.997. The Kier molecular flexibility index (Phi) is 3.09. The van der Waals surface area contributed by atoms with Gasteiger partial charge in [-0.3, -0.25) is 9.97 Å². The second-order valence-electron chi connectivity index (χ2n) is 3.40. The molecule has 0 aliphatic carbocycles. The SMILES string of the molecule is N#Cc1cccnc1Cc1ncccc1C#N. The molecule has 0 N–H and O–H groups in total. The molecule has 17 heavy (non-hydrogen) atoms. The van der Waals surface area contributed by atoms with Gasteiger partial charge in [-0.05, 0) is 24.3 Å². The topological polar surface area (TPSA) is 73.4 Å². The van der Waals surface area contributed by atoms with E-state index in [1.165, 1.54) is 0 Å². The number of rotatable bonds is 2. The minimum absolute atomic E-state index is 0.396. The monoisotopic (exact) mass is 220 g/mol. The van der Waals surface area contributed by atoms with Gasteiger partial charge < -0.3 is 0 Å². The third-order valence-corrected chi connectivity index (χ3v) is 2.36. The summed E-state index contributed by atoms with van der Waals surface area (Å²) in [6, 6.07) is 11.0. The predicted molar refractivity (Wildman–Crippen MR) is 60.7 cm³/mol. The van der Waals surface area contributed by atoms with Crippen LogP contribution in [-0.4, -0.2) is 9.97 Å². The Balaban J connectivity index is 2.40. The molecule has 0 amide bonds. The quantitative estimate of drug-likeness (QED) is 0.773. The van der Waals surface area contributed by atoms with Crippen molar-refractivity contribution in [2.75, 3.05) is 0 Å². The molecule has 4 nitrogen and oxygen atoms in total. The highest BCUT2D eigenvalue weighted by molar-refractivity contribution is 5.39. The molecule has 0 bridgehead atoms. The van der Waals surface area contributed by atoms with E-state index in [0.29, 0.717) is 28.9 Å². The third kappa shape index (κ3) is 2.27. The summed E-state index contributed by atoms with van der Waals surface area (Å²) in [6.07, 6.45) is 3.66. The van der Waals surface area contributed by atoms with E-state index in [9.17, 15) is 0 Å². The Labute approximate surface area is 98.8 Å². The molecule has 0 spiro atoms. The minimum Gasteiger partial charge on any atom is -0.260 e. The summed E-state index contributed by atoms with van der Waals surface area (Å²) >= 11 is 0. The Bertz CT molecular complexity index is 564.